The standard InChI is InChI=1S/C10H12FNO3/c11-5-6-14-10(13)7-15-9-3-1-8(12)2-4-9/h1-4H,5-7,12H2. The molecular weight excluding hydrogens is 201 g/mol. The van der Waals surface area contributed by atoms with Gasteiger partial charge in [0.15, 0.2) is 6.61 Å². The van der Waals surface area contributed by atoms with Crippen LogP contribution in [-0.2, 0) is 9.53 Å². The fourth-order valence-electron chi connectivity index (χ4n) is 0.900. The molecule has 0 saturated carbocycles. The van der Waals surface area contributed by atoms with E-state index in [1.54, 1.807) is 24.3 Å². The van der Waals surface area contributed by atoms with Crippen LogP contribution in [0.15, 0.2) is 24.3 Å². The minimum absolute atomic E-state index is 0.232. The quantitative estimate of drug-likeness (QED) is 0.589. The number of alkyl halides is 1. The third-order valence-electron chi connectivity index (χ3n) is 1.58. The molecule has 1 aromatic carbocycles. The SMILES string of the molecule is Nc1ccc(OCC(=O)OCCF)cc1. The zero-order valence-electron chi connectivity index (χ0n) is 8.11. The van der Waals surface area contributed by atoms with Gasteiger partial charge in [0, 0.05) is 5.69 Å². The van der Waals surface area contributed by atoms with Crippen LogP contribution >= 0.6 is 0 Å². The second-order valence-electron chi connectivity index (χ2n) is 2.77. The van der Waals surface area contributed by atoms with Crippen LogP contribution in [0, 0.1) is 0 Å². The van der Waals surface area contributed by atoms with Crippen molar-refractivity contribution in [1.82, 2.24) is 0 Å². The normalized spacial score (nSPS) is 9.67. The second kappa shape index (κ2) is 5.85. The smallest absolute Gasteiger partial charge is 0.344 e. The summed E-state index contributed by atoms with van der Waals surface area (Å²) in [7, 11) is 0. The number of carbonyl (C=O) groups excluding carboxylic acids is 1. The number of benzene rings is 1. The average molecular weight is 213 g/mol. The van der Waals surface area contributed by atoms with Crippen LogP contribution in [0.3, 0.4) is 0 Å². The molecule has 0 unspecified atom stereocenters. The number of ether oxygens (including phenoxy) is 2. The lowest BCUT2D eigenvalue weighted by Crippen LogP contribution is -2.16. The van der Waals surface area contributed by atoms with E-state index in [2.05, 4.69) is 4.74 Å². The highest BCUT2D eigenvalue weighted by Crippen LogP contribution is 2.12. The maximum Gasteiger partial charge on any atom is 0.344 e. The third-order valence-corrected chi connectivity index (χ3v) is 1.58. The molecule has 0 radical (unpaired) electrons. The van der Waals surface area contributed by atoms with Gasteiger partial charge in [-0.25, -0.2) is 9.18 Å². The number of halogens is 1. The summed E-state index contributed by atoms with van der Waals surface area (Å²) in [4.78, 5) is 10.9. The number of anilines is 1. The number of carbonyl (C=O) groups is 1. The molecule has 4 nitrogen and oxygen atoms in total. The zero-order chi connectivity index (χ0) is 11.1. The van der Waals surface area contributed by atoms with Crippen molar-refractivity contribution in [3.05, 3.63) is 24.3 Å². The van der Waals surface area contributed by atoms with Crippen molar-refractivity contribution in [2.75, 3.05) is 25.6 Å². The molecule has 0 atom stereocenters. The molecule has 0 aliphatic carbocycles. The van der Waals surface area contributed by atoms with Crippen molar-refractivity contribution >= 4 is 11.7 Å². The van der Waals surface area contributed by atoms with E-state index in [1.165, 1.54) is 0 Å². The highest BCUT2D eigenvalue weighted by atomic mass is 19.1. The summed E-state index contributed by atoms with van der Waals surface area (Å²) in [6, 6.07) is 6.58. The van der Waals surface area contributed by atoms with Gasteiger partial charge in [-0.05, 0) is 24.3 Å². The number of nitrogen functional groups attached to an aromatic ring is 1. The maximum absolute atomic E-state index is 11.6. The molecule has 0 amide bonds. The first kappa shape index (κ1) is 11.3. The lowest BCUT2D eigenvalue weighted by Gasteiger charge is -2.05. The van der Waals surface area contributed by atoms with Gasteiger partial charge in [-0.2, -0.15) is 0 Å². The van der Waals surface area contributed by atoms with E-state index in [0.29, 0.717) is 11.4 Å². The average Bonchev–Trinajstić information content (AvgIpc) is 2.25. The predicted octanol–water partition coefficient (Wildman–Crippen LogP) is 1.16. The molecule has 0 heterocycles. The van der Waals surface area contributed by atoms with Gasteiger partial charge in [-0.15, -0.1) is 0 Å². The lowest BCUT2D eigenvalue weighted by molar-refractivity contribution is -0.146. The van der Waals surface area contributed by atoms with Gasteiger partial charge in [-0.3, -0.25) is 0 Å². The first-order valence-electron chi connectivity index (χ1n) is 4.42. The van der Waals surface area contributed by atoms with Gasteiger partial charge in [0.1, 0.15) is 19.0 Å². The minimum Gasteiger partial charge on any atom is -0.482 e. The Morgan fingerprint density at radius 1 is 1.33 bits per heavy atom. The molecule has 82 valence electrons. The number of nitrogens with two attached hydrogens (primary N) is 1. The van der Waals surface area contributed by atoms with E-state index in [1.807, 2.05) is 0 Å². The monoisotopic (exact) mass is 213 g/mol. The van der Waals surface area contributed by atoms with E-state index in [-0.39, 0.29) is 13.2 Å². The Hall–Kier alpha value is -1.78. The molecule has 0 bridgehead atoms. The Kier molecular flexibility index (Phi) is 4.40. The molecule has 0 aliphatic heterocycles. The van der Waals surface area contributed by atoms with Gasteiger partial charge >= 0.3 is 5.97 Å². The molecule has 0 aliphatic rings. The summed E-state index contributed by atoms with van der Waals surface area (Å²) >= 11 is 0. The summed E-state index contributed by atoms with van der Waals surface area (Å²) in [6.45, 7) is -1.15. The lowest BCUT2D eigenvalue weighted by atomic mass is 10.3. The van der Waals surface area contributed by atoms with Gasteiger partial charge in [-0.1, -0.05) is 0 Å². The van der Waals surface area contributed by atoms with Gasteiger partial charge in [0.2, 0.25) is 0 Å². The number of rotatable bonds is 5. The highest BCUT2D eigenvalue weighted by molar-refractivity contribution is 5.71. The van der Waals surface area contributed by atoms with Crippen molar-refractivity contribution in [2.45, 2.75) is 0 Å². The van der Waals surface area contributed by atoms with E-state index in [4.69, 9.17) is 10.5 Å². The van der Waals surface area contributed by atoms with Crippen molar-refractivity contribution in [3.8, 4) is 5.75 Å². The number of hydrogen-bond donors (Lipinski definition) is 1. The molecule has 0 saturated heterocycles. The van der Waals surface area contributed by atoms with E-state index in [9.17, 15) is 9.18 Å². The van der Waals surface area contributed by atoms with E-state index in [0.717, 1.165) is 0 Å². The summed E-state index contributed by atoms with van der Waals surface area (Å²) < 4.78 is 21.2. The Balaban J connectivity index is 2.30. The predicted molar refractivity (Wildman–Crippen MR) is 53.3 cm³/mol. The van der Waals surface area contributed by atoms with Crippen LogP contribution in [0.1, 0.15) is 0 Å². The van der Waals surface area contributed by atoms with E-state index >= 15 is 0 Å². The Morgan fingerprint density at radius 3 is 2.60 bits per heavy atom. The van der Waals surface area contributed by atoms with E-state index < -0.39 is 12.6 Å². The molecule has 0 fully saturated rings. The van der Waals surface area contributed by atoms with Crippen molar-refractivity contribution in [3.63, 3.8) is 0 Å². The fourth-order valence-corrected chi connectivity index (χ4v) is 0.900. The van der Waals surface area contributed by atoms with Gasteiger partial charge in [0.25, 0.3) is 0 Å². The second-order valence-corrected chi connectivity index (χ2v) is 2.77. The zero-order valence-corrected chi connectivity index (χ0v) is 8.11. The summed E-state index contributed by atoms with van der Waals surface area (Å²) in [5, 5.41) is 0. The topological polar surface area (TPSA) is 61.5 Å². The molecule has 15 heavy (non-hydrogen) atoms. The Morgan fingerprint density at radius 2 is 2.00 bits per heavy atom. The Labute approximate surface area is 86.8 Å². The van der Waals surface area contributed by atoms with Gasteiger partial charge < -0.3 is 15.2 Å². The number of esters is 1. The first-order valence-corrected chi connectivity index (χ1v) is 4.42. The summed E-state index contributed by atoms with van der Waals surface area (Å²) in [5.41, 5.74) is 6.07. The van der Waals surface area contributed by atoms with Crippen molar-refractivity contribution in [1.29, 1.82) is 0 Å². The van der Waals surface area contributed by atoms with Gasteiger partial charge in [0.05, 0.1) is 0 Å². The van der Waals surface area contributed by atoms with Crippen LogP contribution in [0.25, 0.3) is 0 Å². The molecule has 0 spiro atoms. The van der Waals surface area contributed by atoms with Crippen LogP contribution in [-0.4, -0.2) is 25.9 Å². The summed E-state index contributed by atoms with van der Waals surface area (Å²) in [6.07, 6.45) is 0. The molecule has 0 aromatic heterocycles. The molecule has 1 aromatic rings. The van der Waals surface area contributed by atoms with Crippen LogP contribution in [0.4, 0.5) is 10.1 Å². The maximum atomic E-state index is 11.6. The number of hydrogen-bond acceptors (Lipinski definition) is 4. The van der Waals surface area contributed by atoms with Crippen LogP contribution in [0.5, 0.6) is 5.75 Å². The molecule has 5 heteroatoms. The van der Waals surface area contributed by atoms with Crippen LogP contribution < -0.4 is 10.5 Å². The fraction of sp³-hybridized carbons (Fsp3) is 0.300. The molecule has 2 N–H and O–H groups in total. The minimum atomic E-state index is -0.687. The van der Waals surface area contributed by atoms with Crippen molar-refractivity contribution in [2.24, 2.45) is 0 Å². The van der Waals surface area contributed by atoms with Crippen LogP contribution in [0.2, 0.25) is 0 Å². The first-order chi connectivity index (χ1) is 7.22. The third kappa shape index (κ3) is 4.30. The largest absolute Gasteiger partial charge is 0.482 e. The highest BCUT2D eigenvalue weighted by Gasteiger charge is 2.03. The molecular formula is C10H12FNO3. The summed E-state index contributed by atoms with van der Waals surface area (Å²) in [5.74, 6) is -0.0779. The molecule has 1 rings (SSSR count). The van der Waals surface area contributed by atoms with Crippen molar-refractivity contribution < 1.29 is 18.7 Å². The Bertz CT molecular complexity index is 313.